The van der Waals surface area contributed by atoms with Gasteiger partial charge in [-0.15, -0.1) is 10.2 Å². The second-order valence-electron chi connectivity index (χ2n) is 5.49. The second-order valence-corrected chi connectivity index (χ2v) is 7.58. The summed E-state index contributed by atoms with van der Waals surface area (Å²) in [6.45, 7) is 4.40. The van der Waals surface area contributed by atoms with Crippen molar-refractivity contribution in [3.63, 3.8) is 0 Å². The Balaban J connectivity index is 1.76. The largest absolute Gasteiger partial charge is 0.324 e. The van der Waals surface area contributed by atoms with E-state index < -0.39 is 5.25 Å². The molecule has 27 heavy (non-hydrogen) atoms. The molecule has 1 amide bonds. The predicted molar refractivity (Wildman–Crippen MR) is 107 cm³/mol. The monoisotopic (exact) mass is 422 g/mol. The highest BCUT2D eigenvalue weighted by Gasteiger charge is 2.21. The van der Waals surface area contributed by atoms with E-state index >= 15 is 0 Å². The summed E-state index contributed by atoms with van der Waals surface area (Å²) < 4.78 is 1.89. The summed E-state index contributed by atoms with van der Waals surface area (Å²) >= 11 is 13.4. The van der Waals surface area contributed by atoms with Crippen molar-refractivity contribution in [3.8, 4) is 11.5 Å². The maximum atomic E-state index is 12.5. The van der Waals surface area contributed by atoms with Crippen molar-refractivity contribution < 1.29 is 4.79 Å². The molecule has 3 aromatic rings. The summed E-state index contributed by atoms with van der Waals surface area (Å²) in [5.41, 5.74) is 1.10. The van der Waals surface area contributed by atoms with Crippen LogP contribution in [0.2, 0.25) is 10.0 Å². The standard InChI is InChI=1S/C17H16Cl2N6OS/c1-3-25-15(13-9-20-7-8-21-13)23-24-17(25)27-10(2)16(26)22-12-6-4-5-11(18)14(12)19/h4-10H,3H2,1-2H3,(H,22,26). The van der Waals surface area contributed by atoms with Gasteiger partial charge in [0, 0.05) is 18.9 Å². The van der Waals surface area contributed by atoms with E-state index in [4.69, 9.17) is 23.2 Å². The van der Waals surface area contributed by atoms with E-state index in [2.05, 4.69) is 25.5 Å². The summed E-state index contributed by atoms with van der Waals surface area (Å²) in [7, 11) is 0. The summed E-state index contributed by atoms with van der Waals surface area (Å²) in [6, 6.07) is 5.09. The van der Waals surface area contributed by atoms with Gasteiger partial charge in [0.2, 0.25) is 5.91 Å². The first-order valence-corrected chi connectivity index (χ1v) is 9.76. The number of aromatic nitrogens is 5. The molecular weight excluding hydrogens is 407 g/mol. The molecule has 0 aliphatic carbocycles. The van der Waals surface area contributed by atoms with Gasteiger partial charge in [-0.3, -0.25) is 9.78 Å². The molecule has 0 fully saturated rings. The van der Waals surface area contributed by atoms with Crippen LogP contribution in [0.4, 0.5) is 5.69 Å². The number of amides is 1. The molecule has 0 saturated heterocycles. The average Bonchev–Trinajstić information content (AvgIpc) is 3.08. The van der Waals surface area contributed by atoms with Crippen molar-refractivity contribution in [3.05, 3.63) is 46.8 Å². The molecule has 2 aromatic heterocycles. The molecule has 3 rings (SSSR count). The molecule has 0 saturated carbocycles. The first-order valence-electron chi connectivity index (χ1n) is 8.12. The number of anilines is 1. The third-order valence-electron chi connectivity index (χ3n) is 3.69. The highest BCUT2D eigenvalue weighted by atomic mass is 35.5. The fourth-order valence-corrected chi connectivity index (χ4v) is 3.57. The van der Waals surface area contributed by atoms with E-state index in [1.807, 2.05) is 11.5 Å². The van der Waals surface area contributed by atoms with Crippen molar-refractivity contribution in [2.24, 2.45) is 0 Å². The molecule has 2 heterocycles. The molecule has 1 atom stereocenters. The Kier molecular flexibility index (Phi) is 6.30. The highest BCUT2D eigenvalue weighted by Crippen LogP contribution is 2.31. The molecule has 10 heteroatoms. The molecule has 0 spiro atoms. The minimum atomic E-state index is -0.427. The molecule has 0 radical (unpaired) electrons. The molecule has 7 nitrogen and oxygen atoms in total. The van der Waals surface area contributed by atoms with Crippen LogP contribution in [0.1, 0.15) is 13.8 Å². The van der Waals surface area contributed by atoms with E-state index in [1.165, 1.54) is 11.8 Å². The number of hydrogen-bond acceptors (Lipinski definition) is 6. The van der Waals surface area contributed by atoms with Crippen LogP contribution in [-0.2, 0) is 11.3 Å². The lowest BCUT2D eigenvalue weighted by molar-refractivity contribution is -0.115. The van der Waals surface area contributed by atoms with Gasteiger partial charge in [-0.25, -0.2) is 4.98 Å². The lowest BCUT2D eigenvalue weighted by Crippen LogP contribution is -2.23. The summed E-state index contributed by atoms with van der Waals surface area (Å²) in [5, 5.41) is 12.1. The van der Waals surface area contributed by atoms with Crippen LogP contribution in [0.25, 0.3) is 11.5 Å². The van der Waals surface area contributed by atoms with Crippen molar-refractivity contribution in [1.82, 2.24) is 24.7 Å². The molecule has 140 valence electrons. The predicted octanol–water partition coefficient (Wildman–Crippen LogP) is 4.18. The molecule has 0 bridgehead atoms. The van der Waals surface area contributed by atoms with Crippen LogP contribution in [0.3, 0.4) is 0 Å². The summed E-state index contributed by atoms with van der Waals surface area (Å²) in [6.07, 6.45) is 4.82. The third kappa shape index (κ3) is 4.40. The number of halogens is 2. The zero-order chi connectivity index (χ0) is 19.4. The van der Waals surface area contributed by atoms with Crippen LogP contribution in [0, 0.1) is 0 Å². The smallest absolute Gasteiger partial charge is 0.237 e. The highest BCUT2D eigenvalue weighted by molar-refractivity contribution is 8.00. The molecular formula is C17H16Cl2N6OS. The van der Waals surface area contributed by atoms with E-state index in [0.29, 0.717) is 39.0 Å². The maximum absolute atomic E-state index is 12.5. The fraction of sp³-hybridized carbons (Fsp3) is 0.235. The minimum Gasteiger partial charge on any atom is -0.324 e. The number of hydrogen-bond donors (Lipinski definition) is 1. The van der Waals surface area contributed by atoms with Crippen LogP contribution in [0.5, 0.6) is 0 Å². The zero-order valence-corrected chi connectivity index (χ0v) is 16.9. The van der Waals surface area contributed by atoms with Crippen LogP contribution < -0.4 is 5.32 Å². The van der Waals surface area contributed by atoms with Crippen molar-refractivity contribution in [2.45, 2.75) is 30.8 Å². The van der Waals surface area contributed by atoms with Gasteiger partial charge < -0.3 is 9.88 Å². The lowest BCUT2D eigenvalue weighted by Gasteiger charge is -2.13. The second kappa shape index (κ2) is 8.69. The molecule has 0 aliphatic rings. The minimum absolute atomic E-state index is 0.212. The Bertz CT molecular complexity index is 950. The van der Waals surface area contributed by atoms with Crippen molar-refractivity contribution in [2.75, 3.05) is 5.32 Å². The average molecular weight is 423 g/mol. The zero-order valence-electron chi connectivity index (χ0n) is 14.6. The van der Waals surface area contributed by atoms with Crippen LogP contribution >= 0.6 is 35.0 Å². The SMILES string of the molecule is CCn1c(SC(C)C(=O)Nc2cccc(Cl)c2Cl)nnc1-c1cnccn1. The Morgan fingerprint density at radius 1 is 1.30 bits per heavy atom. The van der Waals surface area contributed by atoms with E-state index in [-0.39, 0.29) is 5.91 Å². The van der Waals surface area contributed by atoms with E-state index in [0.717, 1.165) is 0 Å². The first-order chi connectivity index (χ1) is 13.0. The number of carbonyl (C=O) groups is 1. The van der Waals surface area contributed by atoms with Gasteiger partial charge in [-0.05, 0) is 26.0 Å². The number of carbonyl (C=O) groups excluding carboxylic acids is 1. The normalized spacial score (nSPS) is 12.0. The van der Waals surface area contributed by atoms with Gasteiger partial charge >= 0.3 is 0 Å². The Hall–Kier alpha value is -2.16. The van der Waals surface area contributed by atoms with Gasteiger partial charge in [-0.2, -0.15) is 0 Å². The van der Waals surface area contributed by atoms with Crippen molar-refractivity contribution >= 4 is 46.6 Å². The fourth-order valence-electron chi connectivity index (χ4n) is 2.31. The van der Waals surface area contributed by atoms with Gasteiger partial charge in [0.05, 0.1) is 27.2 Å². The number of benzene rings is 1. The topological polar surface area (TPSA) is 85.6 Å². The molecule has 1 N–H and O–H groups in total. The van der Waals surface area contributed by atoms with Gasteiger partial charge in [-0.1, -0.05) is 41.0 Å². The Labute approximate surface area is 170 Å². The maximum Gasteiger partial charge on any atom is 0.237 e. The Morgan fingerprint density at radius 2 is 2.11 bits per heavy atom. The summed E-state index contributed by atoms with van der Waals surface area (Å²) in [4.78, 5) is 20.9. The lowest BCUT2D eigenvalue weighted by atomic mass is 10.3. The molecule has 1 unspecified atom stereocenters. The summed E-state index contributed by atoms with van der Waals surface area (Å²) in [5.74, 6) is 0.398. The number of rotatable bonds is 6. The first kappa shape index (κ1) is 19.6. The van der Waals surface area contributed by atoms with Crippen molar-refractivity contribution in [1.29, 1.82) is 0 Å². The Morgan fingerprint density at radius 3 is 2.81 bits per heavy atom. The van der Waals surface area contributed by atoms with Gasteiger partial charge in [0.25, 0.3) is 0 Å². The van der Waals surface area contributed by atoms with E-state index in [9.17, 15) is 4.79 Å². The number of nitrogens with zero attached hydrogens (tertiary/aromatic N) is 5. The number of thioether (sulfide) groups is 1. The third-order valence-corrected chi connectivity index (χ3v) is 5.59. The van der Waals surface area contributed by atoms with E-state index in [1.54, 1.807) is 43.7 Å². The van der Waals surface area contributed by atoms with Gasteiger partial charge in [0.1, 0.15) is 5.69 Å². The quantitative estimate of drug-likeness (QED) is 0.599. The molecule has 0 aliphatic heterocycles. The molecule has 1 aromatic carbocycles. The van der Waals surface area contributed by atoms with Gasteiger partial charge in [0.15, 0.2) is 11.0 Å². The number of nitrogens with one attached hydrogen (secondary N) is 1. The van der Waals surface area contributed by atoms with Crippen LogP contribution in [0.15, 0.2) is 41.9 Å². The van der Waals surface area contributed by atoms with Crippen LogP contribution in [-0.4, -0.2) is 35.9 Å².